The predicted octanol–water partition coefficient (Wildman–Crippen LogP) is 2.30. The van der Waals surface area contributed by atoms with Crippen LogP contribution < -0.4 is 10.1 Å². The molecule has 0 aromatic heterocycles. The lowest BCUT2D eigenvalue weighted by Gasteiger charge is -2.10. The maximum absolute atomic E-state index is 11.5. The quantitative estimate of drug-likeness (QED) is 0.857. The molecule has 0 aliphatic rings. The lowest BCUT2D eigenvalue weighted by atomic mass is 10.0. The van der Waals surface area contributed by atoms with Gasteiger partial charge in [-0.2, -0.15) is 0 Å². The first-order valence-corrected chi connectivity index (χ1v) is 6.72. The van der Waals surface area contributed by atoms with Gasteiger partial charge in [0.25, 0.3) is 5.91 Å². The molecule has 0 atom stereocenters. The van der Waals surface area contributed by atoms with E-state index in [4.69, 9.17) is 4.74 Å². The SMILES string of the molecule is CCOC(=O)NC(=O)COc1ccc2ccccc2c1C=O. The topological polar surface area (TPSA) is 81.7 Å². The second kappa shape index (κ2) is 7.21. The van der Waals surface area contributed by atoms with E-state index in [2.05, 4.69) is 4.74 Å². The van der Waals surface area contributed by atoms with Crippen LogP contribution in [-0.2, 0) is 9.53 Å². The van der Waals surface area contributed by atoms with Gasteiger partial charge in [-0.3, -0.25) is 14.9 Å². The molecule has 114 valence electrons. The highest BCUT2D eigenvalue weighted by atomic mass is 16.5. The van der Waals surface area contributed by atoms with Gasteiger partial charge in [0.05, 0.1) is 12.2 Å². The third-order valence-electron chi connectivity index (χ3n) is 2.92. The molecule has 0 saturated carbocycles. The number of amides is 2. The Morgan fingerprint density at radius 2 is 1.95 bits per heavy atom. The zero-order valence-electron chi connectivity index (χ0n) is 12.0. The highest BCUT2D eigenvalue weighted by Gasteiger charge is 2.12. The van der Waals surface area contributed by atoms with Crippen molar-refractivity contribution in [3.05, 3.63) is 42.0 Å². The molecule has 0 radical (unpaired) electrons. The highest BCUT2D eigenvalue weighted by molar-refractivity contribution is 6.01. The van der Waals surface area contributed by atoms with Crippen molar-refractivity contribution in [2.24, 2.45) is 0 Å². The number of fused-ring (bicyclic) bond motifs is 1. The van der Waals surface area contributed by atoms with E-state index in [0.717, 1.165) is 10.8 Å². The summed E-state index contributed by atoms with van der Waals surface area (Å²) in [6, 6.07) is 10.8. The summed E-state index contributed by atoms with van der Waals surface area (Å²) in [4.78, 5) is 33.9. The highest BCUT2D eigenvalue weighted by Crippen LogP contribution is 2.26. The Balaban J connectivity index is 2.10. The Hall–Kier alpha value is -2.89. The summed E-state index contributed by atoms with van der Waals surface area (Å²) >= 11 is 0. The second-order valence-corrected chi connectivity index (χ2v) is 4.37. The fraction of sp³-hybridized carbons (Fsp3) is 0.188. The zero-order chi connectivity index (χ0) is 15.9. The predicted molar refractivity (Wildman–Crippen MR) is 80.0 cm³/mol. The van der Waals surface area contributed by atoms with Crippen molar-refractivity contribution in [3.8, 4) is 5.75 Å². The number of benzene rings is 2. The van der Waals surface area contributed by atoms with E-state index in [9.17, 15) is 14.4 Å². The largest absolute Gasteiger partial charge is 0.483 e. The minimum Gasteiger partial charge on any atom is -0.483 e. The molecule has 6 heteroatoms. The average Bonchev–Trinajstić information content (AvgIpc) is 2.52. The van der Waals surface area contributed by atoms with Crippen LogP contribution in [0.4, 0.5) is 4.79 Å². The number of imide groups is 1. The molecule has 2 aromatic carbocycles. The first-order chi connectivity index (χ1) is 10.7. The van der Waals surface area contributed by atoms with Crippen LogP contribution in [0.2, 0.25) is 0 Å². The third-order valence-corrected chi connectivity index (χ3v) is 2.92. The molecule has 6 nitrogen and oxygen atoms in total. The number of carbonyl (C=O) groups is 3. The van der Waals surface area contributed by atoms with Gasteiger partial charge in [0.15, 0.2) is 12.9 Å². The van der Waals surface area contributed by atoms with Crippen LogP contribution in [0.15, 0.2) is 36.4 Å². The van der Waals surface area contributed by atoms with Gasteiger partial charge in [-0.25, -0.2) is 4.79 Å². The summed E-state index contributed by atoms with van der Waals surface area (Å²) in [5.74, 6) is -0.365. The summed E-state index contributed by atoms with van der Waals surface area (Å²) in [6.07, 6.45) is -0.147. The molecule has 0 fully saturated rings. The van der Waals surface area contributed by atoms with Crippen LogP contribution in [0.25, 0.3) is 10.8 Å². The maximum atomic E-state index is 11.5. The van der Waals surface area contributed by atoms with Gasteiger partial charge in [0, 0.05) is 0 Å². The number of nitrogens with one attached hydrogen (secondary N) is 1. The van der Waals surface area contributed by atoms with E-state index in [-0.39, 0.29) is 12.4 Å². The van der Waals surface area contributed by atoms with Crippen LogP contribution >= 0.6 is 0 Å². The molecule has 0 heterocycles. The number of carbonyl (C=O) groups excluding carboxylic acids is 3. The maximum Gasteiger partial charge on any atom is 0.413 e. The fourth-order valence-electron chi connectivity index (χ4n) is 1.98. The Morgan fingerprint density at radius 3 is 2.68 bits per heavy atom. The van der Waals surface area contributed by atoms with Crippen LogP contribution in [0, 0.1) is 0 Å². The Labute approximate surface area is 127 Å². The van der Waals surface area contributed by atoms with Gasteiger partial charge in [-0.15, -0.1) is 0 Å². The second-order valence-electron chi connectivity index (χ2n) is 4.37. The lowest BCUT2D eigenvalue weighted by molar-refractivity contribution is -0.122. The minimum atomic E-state index is -0.828. The summed E-state index contributed by atoms with van der Waals surface area (Å²) in [5.41, 5.74) is 0.363. The molecule has 0 unspecified atom stereocenters. The molecule has 1 N–H and O–H groups in total. The van der Waals surface area contributed by atoms with Crippen LogP contribution in [0.1, 0.15) is 17.3 Å². The van der Waals surface area contributed by atoms with Crippen LogP contribution in [0.5, 0.6) is 5.75 Å². The van der Waals surface area contributed by atoms with Crippen molar-refractivity contribution in [3.63, 3.8) is 0 Å². The molecular weight excluding hydrogens is 286 g/mol. The molecule has 0 aliphatic carbocycles. The standard InChI is InChI=1S/C16H15NO5/c1-2-21-16(20)17-15(19)10-22-14-8-7-11-5-3-4-6-12(11)13(14)9-18/h3-9H,2,10H2,1H3,(H,17,19,20). The Morgan fingerprint density at radius 1 is 1.18 bits per heavy atom. The summed E-state index contributed by atoms with van der Waals surface area (Å²) in [5, 5.41) is 3.65. The van der Waals surface area contributed by atoms with E-state index in [1.54, 1.807) is 25.1 Å². The van der Waals surface area contributed by atoms with Crippen molar-refractivity contribution in [1.29, 1.82) is 0 Å². The summed E-state index contributed by atoms with van der Waals surface area (Å²) in [7, 11) is 0. The summed E-state index contributed by atoms with van der Waals surface area (Å²) in [6.45, 7) is 1.41. The van der Waals surface area contributed by atoms with Crippen LogP contribution in [0.3, 0.4) is 0 Å². The van der Waals surface area contributed by atoms with Gasteiger partial charge in [0.1, 0.15) is 5.75 Å². The van der Waals surface area contributed by atoms with Crippen molar-refractivity contribution in [2.75, 3.05) is 13.2 Å². The van der Waals surface area contributed by atoms with Crippen molar-refractivity contribution in [1.82, 2.24) is 5.32 Å². The van der Waals surface area contributed by atoms with Gasteiger partial charge >= 0.3 is 6.09 Å². The first-order valence-electron chi connectivity index (χ1n) is 6.72. The number of hydrogen-bond donors (Lipinski definition) is 1. The zero-order valence-corrected chi connectivity index (χ0v) is 12.0. The molecule has 0 bridgehead atoms. The number of hydrogen-bond acceptors (Lipinski definition) is 5. The normalized spacial score (nSPS) is 10.0. The lowest BCUT2D eigenvalue weighted by Crippen LogP contribution is -2.34. The monoisotopic (exact) mass is 301 g/mol. The molecule has 2 amide bonds. The van der Waals surface area contributed by atoms with Crippen molar-refractivity contribution in [2.45, 2.75) is 6.92 Å². The van der Waals surface area contributed by atoms with E-state index < -0.39 is 18.6 Å². The number of alkyl carbamates (subject to hydrolysis) is 1. The van der Waals surface area contributed by atoms with Gasteiger partial charge in [-0.05, 0) is 23.8 Å². The molecule has 2 rings (SSSR count). The molecular formula is C16H15NO5. The fourth-order valence-corrected chi connectivity index (χ4v) is 1.98. The van der Waals surface area contributed by atoms with E-state index >= 15 is 0 Å². The van der Waals surface area contributed by atoms with E-state index in [1.807, 2.05) is 23.5 Å². The van der Waals surface area contributed by atoms with E-state index in [1.165, 1.54) is 0 Å². The first kappa shape index (κ1) is 15.5. The Kier molecular flexibility index (Phi) is 5.08. The summed E-state index contributed by atoms with van der Waals surface area (Å²) < 4.78 is 9.91. The van der Waals surface area contributed by atoms with Crippen LogP contribution in [-0.4, -0.2) is 31.5 Å². The van der Waals surface area contributed by atoms with Gasteiger partial charge in [0.2, 0.25) is 0 Å². The molecule has 2 aromatic rings. The van der Waals surface area contributed by atoms with Crippen molar-refractivity contribution >= 4 is 29.1 Å². The third kappa shape index (κ3) is 3.60. The number of ether oxygens (including phenoxy) is 2. The van der Waals surface area contributed by atoms with Gasteiger partial charge < -0.3 is 9.47 Å². The van der Waals surface area contributed by atoms with E-state index in [0.29, 0.717) is 11.8 Å². The number of rotatable bonds is 5. The van der Waals surface area contributed by atoms with Gasteiger partial charge in [-0.1, -0.05) is 30.3 Å². The molecule has 0 saturated heterocycles. The average molecular weight is 301 g/mol. The Bertz CT molecular complexity index is 711. The molecule has 0 spiro atoms. The van der Waals surface area contributed by atoms with Crippen molar-refractivity contribution < 1.29 is 23.9 Å². The molecule has 22 heavy (non-hydrogen) atoms. The smallest absolute Gasteiger partial charge is 0.413 e. The number of aldehydes is 1. The molecule has 0 aliphatic heterocycles. The minimum absolute atomic E-state index is 0.167.